The molecule has 112 valence electrons. The fraction of sp³-hybridized carbons (Fsp3) is 0.0667. The van der Waals surface area contributed by atoms with Crippen molar-refractivity contribution in [3.05, 3.63) is 58.3 Å². The van der Waals surface area contributed by atoms with Gasteiger partial charge in [0.1, 0.15) is 17.3 Å². The van der Waals surface area contributed by atoms with Gasteiger partial charge in [-0.05, 0) is 34.1 Å². The molecule has 2 aromatic heterocycles. The monoisotopic (exact) mass is 366 g/mol. The Kier molecular flexibility index (Phi) is 3.66. The number of methoxy groups -OCH3 is 1. The van der Waals surface area contributed by atoms with Crippen LogP contribution in [0.2, 0.25) is 0 Å². The lowest BCUT2D eigenvalue weighted by Gasteiger charge is -2.02. The van der Waals surface area contributed by atoms with E-state index in [1.54, 1.807) is 22.9 Å². The van der Waals surface area contributed by atoms with Crippen molar-refractivity contribution in [2.75, 3.05) is 7.11 Å². The van der Waals surface area contributed by atoms with Crippen molar-refractivity contribution in [3.63, 3.8) is 0 Å². The number of imidazole rings is 1. The van der Waals surface area contributed by atoms with E-state index in [-0.39, 0.29) is 10.0 Å². The number of benzene rings is 1. The molecular formula is C15H9BrF2N2O2. The average Bonchev–Trinajstić information content (AvgIpc) is 2.87. The molecule has 0 aliphatic carbocycles. The largest absolute Gasteiger partial charge is 0.465 e. The Morgan fingerprint density at radius 1 is 1.32 bits per heavy atom. The van der Waals surface area contributed by atoms with Crippen molar-refractivity contribution in [3.8, 4) is 11.3 Å². The van der Waals surface area contributed by atoms with Gasteiger partial charge in [0.15, 0.2) is 0 Å². The number of aromatic nitrogens is 2. The van der Waals surface area contributed by atoms with Crippen LogP contribution >= 0.6 is 15.9 Å². The van der Waals surface area contributed by atoms with Crippen LogP contribution in [0.15, 0.2) is 41.1 Å². The fourth-order valence-corrected chi connectivity index (χ4v) is 2.75. The molecule has 0 N–H and O–H groups in total. The first-order valence-electron chi connectivity index (χ1n) is 6.21. The van der Waals surface area contributed by atoms with Crippen LogP contribution in [-0.2, 0) is 4.74 Å². The van der Waals surface area contributed by atoms with E-state index in [9.17, 15) is 13.6 Å². The summed E-state index contributed by atoms with van der Waals surface area (Å²) in [4.78, 5) is 15.8. The van der Waals surface area contributed by atoms with Crippen molar-refractivity contribution in [1.82, 2.24) is 9.38 Å². The number of carbonyl (C=O) groups is 1. The summed E-state index contributed by atoms with van der Waals surface area (Å²) in [6.45, 7) is 0. The Labute approximate surface area is 132 Å². The highest BCUT2D eigenvalue weighted by Gasteiger charge is 2.16. The van der Waals surface area contributed by atoms with Gasteiger partial charge >= 0.3 is 5.97 Å². The number of hydrogen-bond acceptors (Lipinski definition) is 3. The molecule has 2 heterocycles. The van der Waals surface area contributed by atoms with Gasteiger partial charge < -0.3 is 9.14 Å². The minimum atomic E-state index is -0.719. The van der Waals surface area contributed by atoms with Gasteiger partial charge in [-0.2, -0.15) is 0 Å². The van der Waals surface area contributed by atoms with Crippen LogP contribution in [0.3, 0.4) is 0 Å². The maximum Gasteiger partial charge on any atom is 0.338 e. The fourth-order valence-electron chi connectivity index (χ4n) is 2.13. The highest BCUT2D eigenvalue weighted by atomic mass is 79.9. The van der Waals surface area contributed by atoms with E-state index in [1.807, 2.05) is 0 Å². The molecule has 0 saturated carbocycles. The average molecular weight is 367 g/mol. The van der Waals surface area contributed by atoms with E-state index < -0.39 is 17.6 Å². The van der Waals surface area contributed by atoms with E-state index in [4.69, 9.17) is 0 Å². The molecule has 7 heteroatoms. The number of carbonyl (C=O) groups excluding carboxylic acids is 1. The van der Waals surface area contributed by atoms with Crippen LogP contribution in [0.1, 0.15) is 10.4 Å². The van der Waals surface area contributed by atoms with Crippen LogP contribution in [0, 0.1) is 11.6 Å². The lowest BCUT2D eigenvalue weighted by atomic mass is 10.1. The molecule has 0 bridgehead atoms. The Morgan fingerprint density at radius 2 is 2.09 bits per heavy atom. The van der Waals surface area contributed by atoms with Crippen molar-refractivity contribution in [2.24, 2.45) is 0 Å². The number of hydrogen-bond donors (Lipinski definition) is 0. The summed E-state index contributed by atoms with van der Waals surface area (Å²) in [6.07, 6.45) is 3.21. The third kappa shape index (κ3) is 2.48. The summed E-state index contributed by atoms with van der Waals surface area (Å²) in [5.74, 6) is -1.88. The predicted octanol–water partition coefficient (Wildman–Crippen LogP) is 3.83. The maximum absolute atomic E-state index is 14.0. The third-order valence-electron chi connectivity index (χ3n) is 3.14. The zero-order valence-corrected chi connectivity index (χ0v) is 12.9. The number of nitrogens with zero attached hydrogens (tertiary/aromatic N) is 2. The minimum absolute atomic E-state index is 0.157. The smallest absolute Gasteiger partial charge is 0.338 e. The third-order valence-corrected chi connectivity index (χ3v) is 3.77. The Balaban J connectivity index is 2.15. The molecule has 0 spiro atoms. The van der Waals surface area contributed by atoms with Gasteiger partial charge in [0, 0.05) is 22.9 Å². The summed E-state index contributed by atoms with van der Waals surface area (Å²) < 4.78 is 33.7. The van der Waals surface area contributed by atoms with Crippen LogP contribution in [0.25, 0.3) is 16.9 Å². The molecule has 0 atom stereocenters. The molecule has 0 unspecified atom stereocenters. The van der Waals surface area contributed by atoms with E-state index in [1.165, 1.54) is 19.2 Å². The van der Waals surface area contributed by atoms with Crippen molar-refractivity contribution >= 4 is 27.5 Å². The van der Waals surface area contributed by atoms with E-state index in [2.05, 4.69) is 25.7 Å². The lowest BCUT2D eigenvalue weighted by Crippen LogP contribution is -2.01. The zero-order chi connectivity index (χ0) is 15.9. The van der Waals surface area contributed by atoms with Crippen LogP contribution < -0.4 is 0 Å². The molecule has 1 aromatic carbocycles. The Hall–Kier alpha value is -2.28. The minimum Gasteiger partial charge on any atom is -0.465 e. The van der Waals surface area contributed by atoms with Gasteiger partial charge in [-0.25, -0.2) is 18.6 Å². The quantitative estimate of drug-likeness (QED) is 0.647. The second-order valence-corrected chi connectivity index (χ2v) is 5.40. The van der Waals surface area contributed by atoms with E-state index in [0.29, 0.717) is 16.9 Å². The summed E-state index contributed by atoms with van der Waals surface area (Å²) in [7, 11) is 1.29. The molecule has 0 fully saturated rings. The zero-order valence-electron chi connectivity index (χ0n) is 11.3. The van der Waals surface area contributed by atoms with Gasteiger partial charge in [-0.1, -0.05) is 0 Å². The van der Waals surface area contributed by atoms with Gasteiger partial charge in [-0.15, -0.1) is 0 Å². The maximum atomic E-state index is 14.0. The van der Waals surface area contributed by atoms with Crippen molar-refractivity contribution in [1.29, 1.82) is 0 Å². The highest BCUT2D eigenvalue weighted by molar-refractivity contribution is 9.10. The molecule has 22 heavy (non-hydrogen) atoms. The number of halogens is 3. The number of rotatable bonds is 2. The van der Waals surface area contributed by atoms with Gasteiger partial charge in [0.2, 0.25) is 0 Å². The second kappa shape index (κ2) is 5.49. The second-order valence-electron chi connectivity index (χ2n) is 4.54. The van der Waals surface area contributed by atoms with Crippen LogP contribution in [0.4, 0.5) is 8.78 Å². The van der Waals surface area contributed by atoms with Gasteiger partial charge in [0.05, 0.1) is 23.9 Å². The lowest BCUT2D eigenvalue weighted by molar-refractivity contribution is 0.0600. The number of esters is 1. The molecule has 4 nitrogen and oxygen atoms in total. The number of ether oxygens (including phenoxy) is 1. The summed E-state index contributed by atoms with van der Waals surface area (Å²) in [6, 6.07) is 5.07. The van der Waals surface area contributed by atoms with Crippen molar-refractivity contribution < 1.29 is 18.3 Å². The Bertz CT molecular complexity index is 869. The first kappa shape index (κ1) is 14.6. The molecule has 0 radical (unpaired) electrons. The topological polar surface area (TPSA) is 43.6 Å². The standard InChI is InChI=1S/C15H9BrF2N2O2/c1-22-15(21)8-2-3-20-7-12(19-13(20)4-8)14-10(16)5-9(17)6-11(14)18/h2-7H,1H3. The first-order chi connectivity index (χ1) is 10.5. The summed E-state index contributed by atoms with van der Waals surface area (Å²) in [5.41, 5.74) is 1.27. The normalized spacial score (nSPS) is 10.9. The molecule has 3 aromatic rings. The number of pyridine rings is 1. The predicted molar refractivity (Wildman–Crippen MR) is 79.6 cm³/mol. The molecule has 3 rings (SSSR count). The molecule has 0 saturated heterocycles. The SMILES string of the molecule is COC(=O)c1ccn2cc(-c3c(F)cc(F)cc3Br)nc2c1. The highest BCUT2D eigenvalue weighted by Crippen LogP contribution is 2.31. The summed E-state index contributed by atoms with van der Waals surface area (Å²) in [5, 5.41) is 0. The molecular weight excluding hydrogens is 358 g/mol. The van der Waals surface area contributed by atoms with Gasteiger partial charge in [-0.3, -0.25) is 0 Å². The van der Waals surface area contributed by atoms with Crippen LogP contribution in [0.5, 0.6) is 0 Å². The van der Waals surface area contributed by atoms with Crippen molar-refractivity contribution in [2.45, 2.75) is 0 Å². The number of fused-ring (bicyclic) bond motifs is 1. The van der Waals surface area contributed by atoms with Crippen LogP contribution in [-0.4, -0.2) is 22.5 Å². The molecule has 0 aliphatic rings. The van der Waals surface area contributed by atoms with E-state index >= 15 is 0 Å². The summed E-state index contributed by atoms with van der Waals surface area (Å²) >= 11 is 3.14. The van der Waals surface area contributed by atoms with E-state index in [0.717, 1.165) is 6.07 Å². The molecule has 0 amide bonds. The molecule has 0 aliphatic heterocycles. The first-order valence-corrected chi connectivity index (χ1v) is 7.01. The van der Waals surface area contributed by atoms with Gasteiger partial charge in [0.25, 0.3) is 0 Å². The Morgan fingerprint density at radius 3 is 2.77 bits per heavy atom.